The summed E-state index contributed by atoms with van der Waals surface area (Å²) in [5, 5.41) is 9.41. The van der Waals surface area contributed by atoms with Gasteiger partial charge in [-0.15, -0.1) is 0 Å². The van der Waals surface area contributed by atoms with Gasteiger partial charge in [0.2, 0.25) is 0 Å². The number of carboxylic acid groups (broad SMARTS) is 1. The van der Waals surface area contributed by atoms with Crippen LogP contribution in [0.2, 0.25) is 0 Å². The average Bonchev–Trinajstić information content (AvgIpc) is 2.27. The molecule has 0 aliphatic carbocycles. The van der Waals surface area contributed by atoms with Crippen LogP contribution in [-0.2, 0) is 9.53 Å². The van der Waals surface area contributed by atoms with E-state index in [9.17, 15) is 9.90 Å². The third-order valence-electron chi connectivity index (χ3n) is 3.33. The first kappa shape index (κ1) is 12.9. The van der Waals surface area contributed by atoms with Gasteiger partial charge in [-0.05, 0) is 19.4 Å². The fourth-order valence-corrected chi connectivity index (χ4v) is 2.24. The van der Waals surface area contributed by atoms with Crippen molar-refractivity contribution < 1.29 is 19.4 Å². The molecule has 1 aromatic carbocycles. The molecule has 1 aliphatic heterocycles. The predicted molar refractivity (Wildman–Crippen MR) is 67.0 cm³/mol. The van der Waals surface area contributed by atoms with E-state index in [0.29, 0.717) is 31.3 Å². The van der Waals surface area contributed by atoms with Gasteiger partial charge >= 0.3 is 5.97 Å². The smallest absolute Gasteiger partial charge is 0.311 e. The molecule has 4 nitrogen and oxygen atoms in total. The van der Waals surface area contributed by atoms with Gasteiger partial charge in [0.15, 0.2) is 0 Å². The van der Waals surface area contributed by atoms with E-state index in [1.54, 1.807) is 7.11 Å². The Morgan fingerprint density at radius 1 is 1.56 bits per heavy atom. The highest BCUT2D eigenvalue weighted by molar-refractivity contribution is 5.77. The highest BCUT2D eigenvalue weighted by Gasteiger charge is 2.30. The van der Waals surface area contributed by atoms with Gasteiger partial charge in [-0.25, -0.2) is 0 Å². The number of hydrogen-bond acceptors (Lipinski definition) is 3. The lowest BCUT2D eigenvalue weighted by Crippen LogP contribution is -2.31. The van der Waals surface area contributed by atoms with Crippen LogP contribution in [0.5, 0.6) is 5.75 Å². The Hall–Kier alpha value is -1.55. The normalized spacial score (nSPS) is 17.0. The van der Waals surface area contributed by atoms with E-state index in [2.05, 4.69) is 0 Å². The van der Waals surface area contributed by atoms with Crippen LogP contribution in [0.25, 0.3) is 0 Å². The molecule has 1 aromatic rings. The third-order valence-corrected chi connectivity index (χ3v) is 3.33. The molecule has 18 heavy (non-hydrogen) atoms. The first-order chi connectivity index (χ1) is 8.61. The highest BCUT2D eigenvalue weighted by atomic mass is 16.5. The van der Waals surface area contributed by atoms with Crippen molar-refractivity contribution in [2.75, 3.05) is 20.3 Å². The summed E-state index contributed by atoms with van der Waals surface area (Å²) in [6.07, 6.45) is 0.606. The lowest BCUT2D eigenvalue weighted by molar-refractivity contribution is -0.140. The van der Waals surface area contributed by atoms with Crippen molar-refractivity contribution in [1.29, 1.82) is 0 Å². The summed E-state index contributed by atoms with van der Waals surface area (Å²) in [7, 11) is 1.57. The molecule has 1 aliphatic rings. The summed E-state index contributed by atoms with van der Waals surface area (Å²) in [4.78, 5) is 11.5. The third kappa shape index (κ3) is 2.64. The Morgan fingerprint density at radius 2 is 2.28 bits per heavy atom. The predicted octanol–water partition coefficient (Wildman–Crippen LogP) is 2.21. The molecule has 0 radical (unpaired) electrons. The number of benzene rings is 1. The topological polar surface area (TPSA) is 55.8 Å². The molecule has 4 heteroatoms. The van der Waals surface area contributed by atoms with Crippen molar-refractivity contribution in [1.82, 2.24) is 0 Å². The molecule has 1 saturated heterocycles. The van der Waals surface area contributed by atoms with Gasteiger partial charge in [0.1, 0.15) is 5.75 Å². The summed E-state index contributed by atoms with van der Waals surface area (Å²) < 4.78 is 10.4. The van der Waals surface area contributed by atoms with Gasteiger partial charge in [0.25, 0.3) is 0 Å². The molecule has 1 fully saturated rings. The monoisotopic (exact) mass is 250 g/mol. The fraction of sp³-hybridized carbons (Fsp3) is 0.500. The van der Waals surface area contributed by atoms with Gasteiger partial charge in [-0.3, -0.25) is 4.79 Å². The van der Waals surface area contributed by atoms with E-state index in [0.717, 1.165) is 11.1 Å². The Labute approximate surface area is 107 Å². The van der Waals surface area contributed by atoms with Crippen molar-refractivity contribution in [2.45, 2.75) is 19.3 Å². The number of aliphatic carboxylic acids is 1. The second kappa shape index (κ2) is 5.40. The summed E-state index contributed by atoms with van der Waals surface area (Å²) in [6, 6.07) is 5.66. The van der Waals surface area contributed by atoms with Crippen molar-refractivity contribution in [3.05, 3.63) is 29.3 Å². The van der Waals surface area contributed by atoms with E-state index < -0.39 is 11.9 Å². The Balaban J connectivity index is 2.28. The number of rotatable bonds is 5. The minimum Gasteiger partial charge on any atom is -0.496 e. The molecular formula is C14H18O4. The zero-order chi connectivity index (χ0) is 13.1. The summed E-state index contributed by atoms with van der Waals surface area (Å²) >= 11 is 0. The van der Waals surface area contributed by atoms with Gasteiger partial charge < -0.3 is 14.6 Å². The number of hydrogen-bond donors (Lipinski definition) is 1. The standard InChI is InChI=1S/C14H18O4/c1-9-3-4-13(17-2)11(5-9)12(14(15)16)6-10-7-18-8-10/h3-5,10,12H,6-8H2,1-2H3,(H,15,16). The van der Waals surface area contributed by atoms with Crippen LogP contribution in [0.1, 0.15) is 23.5 Å². The number of carbonyl (C=O) groups is 1. The molecule has 0 spiro atoms. The zero-order valence-electron chi connectivity index (χ0n) is 10.7. The molecule has 0 bridgehead atoms. The average molecular weight is 250 g/mol. The van der Waals surface area contributed by atoms with Crippen LogP contribution in [0, 0.1) is 12.8 Å². The maximum absolute atomic E-state index is 11.5. The molecule has 98 valence electrons. The van der Waals surface area contributed by atoms with Crippen LogP contribution >= 0.6 is 0 Å². The maximum atomic E-state index is 11.5. The van der Waals surface area contributed by atoms with Gasteiger partial charge in [-0.2, -0.15) is 0 Å². The minimum absolute atomic E-state index is 0.344. The molecule has 0 amide bonds. The summed E-state index contributed by atoms with van der Waals surface area (Å²) in [6.45, 7) is 3.28. The van der Waals surface area contributed by atoms with Crippen LogP contribution < -0.4 is 4.74 Å². The van der Waals surface area contributed by atoms with E-state index >= 15 is 0 Å². The molecule has 1 heterocycles. The number of aryl methyl sites for hydroxylation is 1. The number of carboxylic acids is 1. The van der Waals surface area contributed by atoms with Crippen molar-refractivity contribution in [3.8, 4) is 5.75 Å². The van der Waals surface area contributed by atoms with Gasteiger partial charge in [0, 0.05) is 11.5 Å². The van der Waals surface area contributed by atoms with E-state index in [1.807, 2.05) is 25.1 Å². The van der Waals surface area contributed by atoms with Gasteiger partial charge in [0.05, 0.1) is 26.2 Å². The molecule has 0 saturated carbocycles. The van der Waals surface area contributed by atoms with E-state index in [-0.39, 0.29) is 0 Å². The molecule has 1 unspecified atom stereocenters. The van der Waals surface area contributed by atoms with E-state index in [4.69, 9.17) is 9.47 Å². The molecular weight excluding hydrogens is 232 g/mol. The molecule has 1 atom stereocenters. The second-order valence-corrected chi connectivity index (χ2v) is 4.78. The van der Waals surface area contributed by atoms with E-state index in [1.165, 1.54) is 0 Å². The summed E-state index contributed by atoms with van der Waals surface area (Å²) in [5.41, 5.74) is 1.80. The number of ether oxygens (including phenoxy) is 2. The molecule has 0 aromatic heterocycles. The SMILES string of the molecule is COc1ccc(C)cc1C(CC1COC1)C(=O)O. The maximum Gasteiger partial charge on any atom is 0.311 e. The molecule has 2 rings (SSSR count). The lowest BCUT2D eigenvalue weighted by atomic mass is 9.87. The Morgan fingerprint density at radius 3 is 2.78 bits per heavy atom. The fourth-order valence-electron chi connectivity index (χ4n) is 2.24. The van der Waals surface area contributed by atoms with Gasteiger partial charge in [-0.1, -0.05) is 17.7 Å². The Kier molecular flexibility index (Phi) is 3.87. The van der Waals surface area contributed by atoms with Crippen LogP contribution in [-0.4, -0.2) is 31.4 Å². The van der Waals surface area contributed by atoms with Crippen molar-refractivity contribution in [3.63, 3.8) is 0 Å². The Bertz CT molecular complexity index is 437. The first-order valence-electron chi connectivity index (χ1n) is 6.07. The highest BCUT2D eigenvalue weighted by Crippen LogP contribution is 2.34. The quantitative estimate of drug-likeness (QED) is 0.870. The zero-order valence-corrected chi connectivity index (χ0v) is 10.7. The minimum atomic E-state index is -0.800. The summed E-state index contributed by atoms with van der Waals surface area (Å²) in [5.74, 6) is -0.330. The van der Waals surface area contributed by atoms with Crippen molar-refractivity contribution >= 4 is 5.97 Å². The molecule has 1 N–H and O–H groups in total. The van der Waals surface area contributed by atoms with Crippen molar-refractivity contribution in [2.24, 2.45) is 5.92 Å². The van der Waals surface area contributed by atoms with Crippen LogP contribution in [0.3, 0.4) is 0 Å². The van der Waals surface area contributed by atoms with Crippen LogP contribution in [0.4, 0.5) is 0 Å². The largest absolute Gasteiger partial charge is 0.496 e. The lowest BCUT2D eigenvalue weighted by Gasteiger charge is -2.29. The first-order valence-corrected chi connectivity index (χ1v) is 6.07. The van der Waals surface area contributed by atoms with Crippen LogP contribution in [0.15, 0.2) is 18.2 Å². The second-order valence-electron chi connectivity index (χ2n) is 4.78. The number of methoxy groups -OCH3 is 1.